The van der Waals surface area contributed by atoms with Crippen molar-refractivity contribution >= 4 is 5.97 Å². The molecule has 0 bridgehead atoms. The largest absolute Gasteiger partial charge is 0.480 e. The average Bonchev–Trinajstić information content (AvgIpc) is 2.41. The molecule has 1 atom stereocenters. The molecule has 1 unspecified atom stereocenters. The molecular weight excluding hydrogens is 287 g/mol. The summed E-state index contributed by atoms with van der Waals surface area (Å²) in [6.45, 7) is 6.00. The van der Waals surface area contributed by atoms with Gasteiger partial charge in [-0.2, -0.15) is 0 Å². The van der Waals surface area contributed by atoms with Crippen molar-refractivity contribution in [2.24, 2.45) is 5.92 Å². The molecule has 0 aliphatic carbocycles. The highest BCUT2D eigenvalue weighted by Crippen LogP contribution is 2.19. The van der Waals surface area contributed by atoms with Gasteiger partial charge in [0.25, 0.3) is 5.56 Å². The van der Waals surface area contributed by atoms with Gasteiger partial charge in [0.05, 0.1) is 0 Å². The highest BCUT2D eigenvalue weighted by Gasteiger charge is 2.24. The molecule has 0 aliphatic heterocycles. The summed E-state index contributed by atoms with van der Waals surface area (Å²) >= 11 is 0. The van der Waals surface area contributed by atoms with Gasteiger partial charge in [-0.1, -0.05) is 13.8 Å². The first-order chi connectivity index (χ1) is 10.1. The zero-order chi connectivity index (χ0) is 17.0. The second-order valence-corrected chi connectivity index (χ2v) is 6.34. The number of hydrogen-bond acceptors (Lipinski definition) is 3. The molecule has 0 aliphatic rings. The molecule has 0 aromatic carbocycles. The number of carboxylic acids is 1. The van der Waals surface area contributed by atoms with E-state index < -0.39 is 23.4 Å². The Morgan fingerprint density at radius 2 is 2.00 bits per heavy atom. The topological polar surface area (TPSA) is 62.5 Å². The van der Waals surface area contributed by atoms with Crippen LogP contribution in [0.25, 0.3) is 0 Å². The number of carboxylic acid groups (broad SMARTS) is 1. The summed E-state index contributed by atoms with van der Waals surface area (Å²) in [6.07, 6.45) is 2.35. The van der Waals surface area contributed by atoms with E-state index in [1.54, 1.807) is 6.92 Å². The van der Waals surface area contributed by atoms with Crippen LogP contribution in [0.2, 0.25) is 0 Å². The minimum Gasteiger partial charge on any atom is -0.480 e. The molecule has 0 saturated heterocycles. The normalized spacial score (nSPS) is 12.9. The van der Waals surface area contributed by atoms with Gasteiger partial charge in [0.1, 0.15) is 6.04 Å². The first kappa shape index (κ1) is 18.4. The molecule has 1 aromatic heterocycles. The van der Waals surface area contributed by atoms with Crippen molar-refractivity contribution in [1.82, 2.24) is 9.47 Å². The van der Waals surface area contributed by atoms with Crippen LogP contribution in [-0.2, 0) is 11.2 Å². The highest BCUT2D eigenvalue weighted by atomic mass is 19.1. The van der Waals surface area contributed by atoms with Crippen LogP contribution in [0.1, 0.15) is 37.4 Å². The summed E-state index contributed by atoms with van der Waals surface area (Å²) < 4.78 is 15.2. The fourth-order valence-electron chi connectivity index (χ4n) is 2.35. The molecule has 1 aromatic rings. The molecule has 1 rings (SSSR count). The summed E-state index contributed by atoms with van der Waals surface area (Å²) in [6, 6.07) is -1.04. The van der Waals surface area contributed by atoms with Crippen LogP contribution >= 0.6 is 0 Å². The monoisotopic (exact) mass is 312 g/mol. The zero-order valence-corrected chi connectivity index (χ0v) is 13.9. The molecular formula is C16H25FN2O3. The second kappa shape index (κ2) is 7.54. The number of aliphatic carboxylic acids is 1. The maximum atomic E-state index is 14.2. The molecule has 0 saturated carbocycles. The first-order valence-corrected chi connectivity index (χ1v) is 7.42. The Hall–Kier alpha value is -1.69. The first-order valence-electron chi connectivity index (χ1n) is 7.42. The van der Waals surface area contributed by atoms with Gasteiger partial charge in [0.15, 0.2) is 5.82 Å². The number of hydrogen-bond donors (Lipinski definition) is 1. The molecule has 1 heterocycles. The third-order valence-electron chi connectivity index (χ3n) is 3.67. The van der Waals surface area contributed by atoms with E-state index in [2.05, 4.69) is 0 Å². The van der Waals surface area contributed by atoms with E-state index >= 15 is 0 Å². The van der Waals surface area contributed by atoms with Crippen LogP contribution in [0, 0.1) is 18.7 Å². The Kier molecular flexibility index (Phi) is 6.29. The number of nitrogens with zero attached hydrogens (tertiary/aromatic N) is 2. The van der Waals surface area contributed by atoms with Gasteiger partial charge < -0.3 is 10.0 Å². The zero-order valence-electron chi connectivity index (χ0n) is 13.9. The van der Waals surface area contributed by atoms with E-state index in [0.29, 0.717) is 24.1 Å². The van der Waals surface area contributed by atoms with Crippen LogP contribution in [0.3, 0.4) is 0 Å². The summed E-state index contributed by atoms with van der Waals surface area (Å²) in [5.74, 6) is -1.88. The smallest absolute Gasteiger partial charge is 0.326 e. The van der Waals surface area contributed by atoms with E-state index in [9.17, 15) is 19.1 Å². The van der Waals surface area contributed by atoms with Gasteiger partial charge in [0.2, 0.25) is 0 Å². The van der Waals surface area contributed by atoms with Crippen LogP contribution in [0.15, 0.2) is 11.0 Å². The Bertz CT molecular complexity index is 594. The van der Waals surface area contributed by atoms with E-state index in [1.165, 1.54) is 6.20 Å². The molecule has 124 valence electrons. The van der Waals surface area contributed by atoms with Crippen LogP contribution < -0.4 is 5.56 Å². The standard InChI is InChI=1S/C16H25FN2O3/c1-10(2)8-13(16(21)22)19-9-12(6-7-18(4)5)11(3)14(17)15(19)20/h9-10,13H,6-8H2,1-5H3,(H,21,22). The molecule has 5 nitrogen and oxygen atoms in total. The molecule has 22 heavy (non-hydrogen) atoms. The molecule has 0 fully saturated rings. The Labute approximate surface area is 130 Å². The second-order valence-electron chi connectivity index (χ2n) is 6.34. The van der Waals surface area contributed by atoms with Gasteiger partial charge in [0, 0.05) is 12.7 Å². The molecule has 0 radical (unpaired) electrons. The predicted octanol–water partition coefficient (Wildman–Crippen LogP) is 2.07. The van der Waals surface area contributed by atoms with Gasteiger partial charge in [-0.15, -0.1) is 0 Å². The highest BCUT2D eigenvalue weighted by molar-refractivity contribution is 5.71. The van der Waals surface area contributed by atoms with Crippen molar-refractivity contribution in [2.45, 2.75) is 39.7 Å². The minimum atomic E-state index is -1.11. The predicted molar refractivity (Wildman–Crippen MR) is 83.8 cm³/mol. The fourth-order valence-corrected chi connectivity index (χ4v) is 2.35. The molecule has 0 amide bonds. The van der Waals surface area contributed by atoms with E-state index in [1.807, 2.05) is 32.8 Å². The number of rotatable bonds is 7. The van der Waals surface area contributed by atoms with Crippen LogP contribution in [0.5, 0.6) is 0 Å². The van der Waals surface area contributed by atoms with Gasteiger partial charge >= 0.3 is 5.97 Å². The maximum Gasteiger partial charge on any atom is 0.326 e. The number of aromatic nitrogens is 1. The van der Waals surface area contributed by atoms with Crippen molar-refractivity contribution in [3.63, 3.8) is 0 Å². The van der Waals surface area contributed by atoms with Gasteiger partial charge in [-0.05, 0) is 50.9 Å². The number of carbonyl (C=O) groups is 1. The maximum absolute atomic E-state index is 14.2. The third kappa shape index (κ3) is 4.40. The van der Waals surface area contributed by atoms with Crippen molar-refractivity contribution in [3.05, 3.63) is 33.5 Å². The summed E-state index contributed by atoms with van der Waals surface area (Å²) in [5, 5.41) is 9.38. The van der Waals surface area contributed by atoms with Crippen molar-refractivity contribution in [2.75, 3.05) is 20.6 Å². The van der Waals surface area contributed by atoms with E-state index in [0.717, 1.165) is 4.57 Å². The van der Waals surface area contributed by atoms with Crippen LogP contribution in [0.4, 0.5) is 4.39 Å². The van der Waals surface area contributed by atoms with Crippen molar-refractivity contribution in [3.8, 4) is 0 Å². The van der Waals surface area contributed by atoms with E-state index in [-0.39, 0.29) is 12.3 Å². The molecule has 1 N–H and O–H groups in total. The average molecular weight is 312 g/mol. The number of halogens is 1. The Balaban J connectivity index is 3.33. The quantitative estimate of drug-likeness (QED) is 0.837. The van der Waals surface area contributed by atoms with Crippen molar-refractivity contribution < 1.29 is 14.3 Å². The van der Waals surface area contributed by atoms with Crippen molar-refractivity contribution in [1.29, 1.82) is 0 Å². The lowest BCUT2D eigenvalue weighted by atomic mass is 10.0. The van der Waals surface area contributed by atoms with E-state index in [4.69, 9.17) is 0 Å². The van der Waals surface area contributed by atoms with Gasteiger partial charge in [-0.3, -0.25) is 9.36 Å². The number of pyridine rings is 1. The SMILES string of the molecule is Cc1c(CCN(C)C)cn(C(CC(C)C)C(=O)O)c(=O)c1F. The fraction of sp³-hybridized carbons (Fsp3) is 0.625. The lowest BCUT2D eigenvalue weighted by Gasteiger charge is -2.20. The summed E-state index contributed by atoms with van der Waals surface area (Å²) in [4.78, 5) is 25.5. The Morgan fingerprint density at radius 3 is 2.45 bits per heavy atom. The lowest BCUT2D eigenvalue weighted by Crippen LogP contribution is -2.33. The minimum absolute atomic E-state index is 0.0857. The summed E-state index contributed by atoms with van der Waals surface area (Å²) in [5.41, 5.74) is 0.108. The Morgan fingerprint density at radius 1 is 1.41 bits per heavy atom. The van der Waals surface area contributed by atoms with Gasteiger partial charge in [-0.25, -0.2) is 9.18 Å². The molecule has 0 spiro atoms. The summed E-state index contributed by atoms with van der Waals surface area (Å²) in [7, 11) is 3.81. The number of likely N-dealkylation sites (N-methyl/N-ethyl adjacent to an activating group) is 1. The van der Waals surface area contributed by atoms with Crippen LogP contribution in [-0.4, -0.2) is 41.2 Å². The molecule has 6 heteroatoms. The third-order valence-corrected chi connectivity index (χ3v) is 3.67. The lowest BCUT2D eigenvalue weighted by molar-refractivity contribution is -0.141.